The van der Waals surface area contributed by atoms with Gasteiger partial charge in [0.1, 0.15) is 0 Å². The molecule has 1 heterocycles. The zero-order chi connectivity index (χ0) is 10.4. The first-order chi connectivity index (χ1) is 6.77. The Morgan fingerprint density at radius 2 is 2.36 bits per heavy atom. The van der Waals surface area contributed by atoms with Crippen molar-refractivity contribution < 1.29 is 9.53 Å². The van der Waals surface area contributed by atoms with Gasteiger partial charge in [0.15, 0.2) is 0 Å². The Hall–Kier alpha value is -1.01. The van der Waals surface area contributed by atoms with Gasteiger partial charge in [0.25, 0.3) is 0 Å². The molecule has 3 nitrogen and oxygen atoms in total. The van der Waals surface area contributed by atoms with Crippen molar-refractivity contribution in [2.45, 2.75) is 32.7 Å². The lowest BCUT2D eigenvalue weighted by atomic mass is 10.00. The highest BCUT2D eigenvalue weighted by Gasteiger charge is 2.23. The molecule has 1 aliphatic heterocycles. The van der Waals surface area contributed by atoms with Crippen LogP contribution < -0.4 is 5.32 Å². The molecule has 0 amide bonds. The van der Waals surface area contributed by atoms with Crippen molar-refractivity contribution in [2.75, 3.05) is 13.2 Å². The quantitative estimate of drug-likeness (QED) is 0.405. The van der Waals surface area contributed by atoms with Crippen LogP contribution in [-0.4, -0.2) is 25.2 Å². The highest BCUT2D eigenvalue weighted by Crippen LogP contribution is 2.16. The van der Waals surface area contributed by atoms with Crippen LogP contribution >= 0.6 is 0 Å². The highest BCUT2D eigenvalue weighted by molar-refractivity contribution is 5.88. The second kappa shape index (κ2) is 5.66. The van der Waals surface area contributed by atoms with Crippen molar-refractivity contribution in [3.63, 3.8) is 0 Å². The molecular weight excluding hydrogens is 178 g/mol. The van der Waals surface area contributed by atoms with Crippen molar-refractivity contribution >= 4 is 5.97 Å². The van der Waals surface area contributed by atoms with E-state index in [1.165, 1.54) is 0 Å². The fraction of sp³-hybridized carbons (Fsp3) is 0.727. The lowest BCUT2D eigenvalue weighted by molar-refractivity contribution is -0.136. The minimum absolute atomic E-state index is 0.310. The van der Waals surface area contributed by atoms with Gasteiger partial charge < -0.3 is 10.1 Å². The fourth-order valence-electron chi connectivity index (χ4n) is 1.69. The number of nitrogens with one attached hydrogen (secondary N) is 1. The second-order valence-corrected chi connectivity index (χ2v) is 3.35. The van der Waals surface area contributed by atoms with Crippen molar-refractivity contribution in [3.05, 3.63) is 0 Å². The van der Waals surface area contributed by atoms with Crippen LogP contribution in [0.4, 0.5) is 0 Å². The molecular formula is C11H17NO2. The molecule has 2 atom stereocenters. The summed E-state index contributed by atoms with van der Waals surface area (Å²) in [6, 6.07) is 0.442. The zero-order valence-corrected chi connectivity index (χ0v) is 8.80. The molecule has 0 aromatic carbocycles. The Balaban J connectivity index is 2.45. The summed E-state index contributed by atoms with van der Waals surface area (Å²) in [5.41, 5.74) is 0. The van der Waals surface area contributed by atoms with Crippen molar-refractivity contribution in [3.8, 4) is 11.8 Å². The summed E-state index contributed by atoms with van der Waals surface area (Å²) >= 11 is 0. The van der Waals surface area contributed by atoms with E-state index >= 15 is 0 Å². The Bertz CT molecular complexity index is 252. The Labute approximate surface area is 85.2 Å². The van der Waals surface area contributed by atoms with E-state index in [-0.39, 0.29) is 0 Å². The van der Waals surface area contributed by atoms with Crippen LogP contribution in [0.15, 0.2) is 0 Å². The number of hydrogen-bond donors (Lipinski definition) is 1. The topological polar surface area (TPSA) is 38.3 Å². The monoisotopic (exact) mass is 195 g/mol. The first-order valence-corrected chi connectivity index (χ1v) is 5.19. The maximum absolute atomic E-state index is 11.0. The van der Waals surface area contributed by atoms with Crippen LogP contribution in [0.25, 0.3) is 0 Å². The van der Waals surface area contributed by atoms with Gasteiger partial charge in [-0.25, -0.2) is 4.79 Å². The third-order valence-corrected chi connectivity index (χ3v) is 2.42. The van der Waals surface area contributed by atoms with Gasteiger partial charge in [0.05, 0.1) is 6.61 Å². The predicted octanol–water partition coefficient (Wildman–Crippen LogP) is 0.941. The van der Waals surface area contributed by atoms with E-state index in [0.29, 0.717) is 18.6 Å². The smallest absolute Gasteiger partial charge is 0.384 e. The van der Waals surface area contributed by atoms with E-state index in [1.54, 1.807) is 6.92 Å². The van der Waals surface area contributed by atoms with E-state index < -0.39 is 5.97 Å². The highest BCUT2D eigenvalue weighted by atomic mass is 16.5. The van der Waals surface area contributed by atoms with Crippen LogP contribution in [0, 0.1) is 17.8 Å². The van der Waals surface area contributed by atoms with Crippen LogP contribution in [0.5, 0.6) is 0 Å². The first kappa shape index (κ1) is 11.1. The molecule has 78 valence electrons. The summed E-state index contributed by atoms with van der Waals surface area (Å²) in [5, 5.41) is 3.36. The van der Waals surface area contributed by atoms with E-state index in [9.17, 15) is 4.79 Å². The fourth-order valence-corrected chi connectivity index (χ4v) is 1.69. The summed E-state index contributed by atoms with van der Waals surface area (Å²) in [4.78, 5) is 11.0. The minimum Gasteiger partial charge on any atom is -0.456 e. The van der Waals surface area contributed by atoms with Gasteiger partial charge in [-0.05, 0) is 26.3 Å². The molecule has 0 saturated carbocycles. The van der Waals surface area contributed by atoms with Gasteiger partial charge in [-0.3, -0.25) is 0 Å². The van der Waals surface area contributed by atoms with Crippen LogP contribution in [0.1, 0.15) is 26.7 Å². The van der Waals surface area contributed by atoms with Gasteiger partial charge in [-0.2, -0.15) is 0 Å². The molecule has 0 spiro atoms. The summed E-state index contributed by atoms with van der Waals surface area (Å²) in [6.07, 6.45) is 2.09. The molecule has 1 saturated heterocycles. The van der Waals surface area contributed by atoms with E-state index in [2.05, 4.69) is 24.1 Å². The number of rotatable bonds is 2. The summed E-state index contributed by atoms with van der Waals surface area (Å²) in [6.45, 7) is 5.31. The first-order valence-electron chi connectivity index (χ1n) is 5.19. The lowest BCUT2D eigenvalue weighted by Crippen LogP contribution is -2.25. The molecule has 1 rings (SSSR count). The summed E-state index contributed by atoms with van der Waals surface area (Å²) in [7, 11) is 0. The molecule has 0 bridgehead atoms. The van der Waals surface area contributed by atoms with Gasteiger partial charge in [-0.1, -0.05) is 12.8 Å². The lowest BCUT2D eigenvalue weighted by Gasteiger charge is -2.10. The molecule has 0 radical (unpaired) electrons. The van der Waals surface area contributed by atoms with Gasteiger partial charge in [0.2, 0.25) is 0 Å². The van der Waals surface area contributed by atoms with Crippen LogP contribution in [0.3, 0.4) is 0 Å². The van der Waals surface area contributed by atoms with E-state index in [1.807, 2.05) is 0 Å². The summed E-state index contributed by atoms with van der Waals surface area (Å²) in [5.74, 6) is 5.42. The molecule has 14 heavy (non-hydrogen) atoms. The molecule has 0 aromatic rings. The zero-order valence-electron chi connectivity index (χ0n) is 8.80. The van der Waals surface area contributed by atoms with Crippen LogP contribution in [-0.2, 0) is 9.53 Å². The number of carbonyl (C=O) groups excluding carboxylic acids is 1. The third-order valence-electron chi connectivity index (χ3n) is 2.42. The molecule has 1 N–H and O–H groups in total. The van der Waals surface area contributed by atoms with E-state index in [0.717, 1.165) is 19.4 Å². The maximum Gasteiger partial charge on any atom is 0.384 e. The number of carbonyl (C=O) groups is 1. The SMILES string of the molecule is CCOC(=O)C#CC1CCNC1CC. The molecule has 3 heteroatoms. The Morgan fingerprint density at radius 3 is 3.00 bits per heavy atom. The van der Waals surface area contributed by atoms with Gasteiger partial charge >= 0.3 is 5.97 Å². The van der Waals surface area contributed by atoms with Crippen molar-refractivity contribution in [2.24, 2.45) is 5.92 Å². The minimum atomic E-state index is -0.408. The molecule has 1 fully saturated rings. The molecule has 0 aromatic heterocycles. The predicted molar refractivity (Wildman–Crippen MR) is 54.6 cm³/mol. The average Bonchev–Trinajstić information content (AvgIpc) is 2.62. The summed E-state index contributed by atoms with van der Waals surface area (Å²) < 4.78 is 4.74. The van der Waals surface area contributed by atoms with Crippen molar-refractivity contribution in [1.29, 1.82) is 0 Å². The average molecular weight is 195 g/mol. The Morgan fingerprint density at radius 1 is 1.57 bits per heavy atom. The molecule has 1 aliphatic rings. The molecule has 0 aliphatic carbocycles. The second-order valence-electron chi connectivity index (χ2n) is 3.35. The Kier molecular flexibility index (Phi) is 4.48. The van der Waals surface area contributed by atoms with Gasteiger partial charge in [0, 0.05) is 17.9 Å². The van der Waals surface area contributed by atoms with Crippen molar-refractivity contribution in [1.82, 2.24) is 5.32 Å². The third kappa shape index (κ3) is 3.04. The van der Waals surface area contributed by atoms with Gasteiger partial charge in [-0.15, -0.1) is 0 Å². The van der Waals surface area contributed by atoms with E-state index in [4.69, 9.17) is 4.74 Å². The molecule has 2 unspecified atom stereocenters. The van der Waals surface area contributed by atoms with Crippen LogP contribution in [0.2, 0.25) is 0 Å². The maximum atomic E-state index is 11.0. The standard InChI is InChI=1S/C11H17NO2/c1-3-10-9(7-8-12-10)5-6-11(13)14-4-2/h9-10,12H,3-4,7-8H2,1-2H3. The number of hydrogen-bond acceptors (Lipinski definition) is 3. The largest absolute Gasteiger partial charge is 0.456 e. The number of esters is 1. The normalized spacial score (nSPS) is 25.3. The number of ether oxygens (including phenoxy) is 1.